The Labute approximate surface area is 183 Å². The smallest absolute Gasteiger partial charge is 0.115 e. The van der Waals surface area contributed by atoms with E-state index in [-0.39, 0.29) is 16.9 Å². The topological polar surface area (TPSA) is 43.7 Å². The van der Waals surface area contributed by atoms with Gasteiger partial charge in [-0.2, -0.15) is 0 Å². The van der Waals surface area contributed by atoms with Gasteiger partial charge < -0.3 is 15.1 Å². The number of rotatable bonds is 7. The first-order valence-electron chi connectivity index (χ1n) is 12.1. The van der Waals surface area contributed by atoms with Crippen LogP contribution in [0.1, 0.15) is 75.3 Å². The molecule has 3 nitrogen and oxygen atoms in total. The largest absolute Gasteiger partial charge is 0.508 e. The van der Waals surface area contributed by atoms with Crippen molar-refractivity contribution in [3.8, 4) is 5.75 Å². The van der Waals surface area contributed by atoms with Crippen LogP contribution in [0.5, 0.6) is 5.75 Å². The predicted molar refractivity (Wildman–Crippen MR) is 124 cm³/mol. The average molecular weight is 412 g/mol. The fourth-order valence-electron chi connectivity index (χ4n) is 7.70. The van der Waals surface area contributed by atoms with Crippen LogP contribution in [0.15, 0.2) is 30.9 Å². The first-order valence-corrected chi connectivity index (χ1v) is 12.1. The molecule has 3 aliphatic rings. The molecule has 0 unspecified atom stereocenters. The van der Waals surface area contributed by atoms with Gasteiger partial charge in [0, 0.05) is 0 Å². The lowest BCUT2D eigenvalue weighted by molar-refractivity contribution is -0.0812. The number of allylic oxidation sites excluding steroid dienone is 1. The molecule has 3 heteroatoms. The SMILES string of the molecule is C=C[C@@]12CCc3cc(O)ccc3[C@H]1[C@@H](CCCCCN(C)C)C[C@@]1(C)[C@H]2CC[C@@H]1O. The first-order chi connectivity index (χ1) is 14.3. The van der Waals surface area contributed by atoms with Crippen molar-refractivity contribution in [2.75, 3.05) is 20.6 Å². The maximum Gasteiger partial charge on any atom is 0.115 e. The zero-order valence-corrected chi connectivity index (χ0v) is 19.2. The highest BCUT2D eigenvalue weighted by molar-refractivity contribution is 5.43. The van der Waals surface area contributed by atoms with E-state index in [9.17, 15) is 10.2 Å². The highest BCUT2D eigenvalue weighted by Crippen LogP contribution is 2.69. The van der Waals surface area contributed by atoms with E-state index < -0.39 is 0 Å². The van der Waals surface area contributed by atoms with Crippen molar-refractivity contribution in [2.45, 2.75) is 76.7 Å². The fraction of sp³-hybridized carbons (Fsp3) is 0.704. The van der Waals surface area contributed by atoms with Crippen molar-refractivity contribution in [2.24, 2.45) is 22.7 Å². The minimum Gasteiger partial charge on any atom is -0.508 e. The highest BCUT2D eigenvalue weighted by Gasteiger charge is 2.63. The van der Waals surface area contributed by atoms with Crippen molar-refractivity contribution in [3.05, 3.63) is 42.0 Å². The summed E-state index contributed by atoms with van der Waals surface area (Å²) in [6.07, 6.45) is 12.4. The fourth-order valence-corrected chi connectivity index (χ4v) is 7.70. The summed E-state index contributed by atoms with van der Waals surface area (Å²) < 4.78 is 0. The summed E-state index contributed by atoms with van der Waals surface area (Å²) in [5.41, 5.74) is 2.86. The molecule has 0 saturated heterocycles. The van der Waals surface area contributed by atoms with E-state index in [4.69, 9.17) is 0 Å². The lowest BCUT2D eigenvalue weighted by atomic mass is 9.44. The van der Waals surface area contributed by atoms with Crippen LogP contribution in [-0.4, -0.2) is 41.9 Å². The number of hydrogen-bond donors (Lipinski definition) is 2. The van der Waals surface area contributed by atoms with Crippen LogP contribution in [-0.2, 0) is 6.42 Å². The quantitative estimate of drug-likeness (QED) is 0.459. The average Bonchev–Trinajstić information content (AvgIpc) is 3.01. The lowest BCUT2D eigenvalue weighted by Gasteiger charge is -2.60. The van der Waals surface area contributed by atoms with Crippen LogP contribution in [0.3, 0.4) is 0 Å². The van der Waals surface area contributed by atoms with Gasteiger partial charge in [-0.25, -0.2) is 0 Å². The number of phenolic OH excluding ortho intramolecular Hbond substituents is 1. The molecule has 6 atom stereocenters. The van der Waals surface area contributed by atoms with Crippen LogP contribution >= 0.6 is 0 Å². The van der Waals surface area contributed by atoms with Gasteiger partial charge in [0.05, 0.1) is 6.10 Å². The Morgan fingerprint density at radius 2 is 2.00 bits per heavy atom. The molecule has 2 saturated carbocycles. The number of benzene rings is 1. The summed E-state index contributed by atoms with van der Waals surface area (Å²) in [5.74, 6) is 1.93. The number of aliphatic hydroxyl groups is 1. The zero-order chi connectivity index (χ0) is 21.5. The summed E-state index contributed by atoms with van der Waals surface area (Å²) >= 11 is 0. The van der Waals surface area contributed by atoms with Gasteiger partial charge in [-0.3, -0.25) is 0 Å². The molecule has 0 spiro atoms. The van der Waals surface area contributed by atoms with Crippen LogP contribution in [0.4, 0.5) is 0 Å². The standard InChI is InChI=1S/C27H41NO2/c1-5-27-15-14-19-17-21(29)10-11-22(19)25(27)20(9-7-6-8-16-28(3)4)18-26(2)23(27)12-13-24(26)30/h5,10-11,17,20,23-25,29-30H,1,6-9,12-16,18H2,2-4H3/t20-,23+,24-,25+,26-,27-/m0/s1. The Morgan fingerprint density at radius 1 is 1.20 bits per heavy atom. The third-order valence-electron chi connectivity index (χ3n) is 9.04. The normalized spacial score (nSPS) is 37.5. The Hall–Kier alpha value is -1.32. The molecule has 0 aliphatic heterocycles. The molecule has 0 amide bonds. The van der Waals surface area contributed by atoms with Gasteiger partial charge in [0.1, 0.15) is 5.75 Å². The van der Waals surface area contributed by atoms with Crippen LogP contribution in [0.2, 0.25) is 0 Å². The Balaban J connectivity index is 1.67. The number of aryl methyl sites for hydroxylation is 1. The van der Waals surface area contributed by atoms with Gasteiger partial charge in [0.25, 0.3) is 0 Å². The molecule has 1 aromatic rings. The number of unbranched alkanes of at least 4 members (excludes halogenated alkanes) is 2. The summed E-state index contributed by atoms with van der Waals surface area (Å²) in [5, 5.41) is 21.1. The van der Waals surface area contributed by atoms with Gasteiger partial charge >= 0.3 is 0 Å². The molecule has 1 aromatic carbocycles. The van der Waals surface area contributed by atoms with Gasteiger partial charge in [0.15, 0.2) is 0 Å². The van der Waals surface area contributed by atoms with Gasteiger partial charge in [-0.1, -0.05) is 31.9 Å². The Kier molecular flexibility index (Phi) is 6.07. The van der Waals surface area contributed by atoms with E-state index in [1.807, 2.05) is 12.1 Å². The molecule has 4 rings (SSSR count). The summed E-state index contributed by atoms with van der Waals surface area (Å²) in [4.78, 5) is 2.27. The van der Waals surface area contributed by atoms with Crippen LogP contribution in [0, 0.1) is 22.7 Å². The number of nitrogens with zero attached hydrogens (tertiary/aromatic N) is 1. The highest BCUT2D eigenvalue weighted by atomic mass is 16.3. The summed E-state index contributed by atoms with van der Waals surface area (Å²) in [6, 6.07) is 6.07. The van der Waals surface area contributed by atoms with E-state index in [0.717, 1.165) is 38.6 Å². The molecule has 2 fully saturated rings. The van der Waals surface area contributed by atoms with Crippen molar-refractivity contribution in [1.82, 2.24) is 4.90 Å². The third kappa shape index (κ3) is 3.52. The van der Waals surface area contributed by atoms with Crippen molar-refractivity contribution in [1.29, 1.82) is 0 Å². The number of hydrogen-bond acceptors (Lipinski definition) is 3. The summed E-state index contributed by atoms with van der Waals surface area (Å²) in [6.45, 7) is 7.91. The molecule has 0 radical (unpaired) electrons. The molecule has 2 N–H and O–H groups in total. The van der Waals surface area contributed by atoms with Crippen LogP contribution < -0.4 is 0 Å². The van der Waals surface area contributed by atoms with Crippen molar-refractivity contribution in [3.63, 3.8) is 0 Å². The van der Waals surface area contributed by atoms with Crippen LogP contribution in [0.25, 0.3) is 0 Å². The molecule has 3 aliphatic carbocycles. The number of aliphatic hydroxyl groups excluding tert-OH is 1. The predicted octanol–water partition coefficient (Wildman–Crippen LogP) is 5.51. The Morgan fingerprint density at radius 3 is 2.73 bits per heavy atom. The molecule has 166 valence electrons. The lowest BCUT2D eigenvalue weighted by Crippen LogP contribution is -2.54. The van der Waals surface area contributed by atoms with Crippen molar-refractivity contribution >= 4 is 0 Å². The molecule has 0 bridgehead atoms. The zero-order valence-electron chi connectivity index (χ0n) is 19.2. The second-order valence-corrected chi connectivity index (χ2v) is 10.9. The maximum absolute atomic E-state index is 11.0. The van der Waals surface area contributed by atoms with E-state index in [1.54, 1.807) is 0 Å². The van der Waals surface area contributed by atoms with E-state index in [1.165, 1.54) is 36.8 Å². The van der Waals surface area contributed by atoms with Gasteiger partial charge in [0.2, 0.25) is 0 Å². The number of fused-ring (bicyclic) bond motifs is 5. The minimum atomic E-state index is -0.183. The second kappa shape index (κ2) is 8.31. The van der Waals surface area contributed by atoms with E-state index >= 15 is 0 Å². The minimum absolute atomic E-state index is 0.00736. The van der Waals surface area contributed by atoms with Gasteiger partial charge in [-0.05, 0) is 117 Å². The molecule has 30 heavy (non-hydrogen) atoms. The second-order valence-electron chi connectivity index (χ2n) is 10.9. The Bertz CT molecular complexity index is 774. The third-order valence-corrected chi connectivity index (χ3v) is 9.04. The van der Waals surface area contributed by atoms with E-state index in [0.29, 0.717) is 23.5 Å². The number of aromatic hydroxyl groups is 1. The van der Waals surface area contributed by atoms with Gasteiger partial charge in [-0.15, -0.1) is 6.58 Å². The first kappa shape index (κ1) is 21.9. The molecular formula is C27H41NO2. The monoisotopic (exact) mass is 411 g/mol. The molecular weight excluding hydrogens is 370 g/mol. The summed E-state index contributed by atoms with van der Waals surface area (Å²) in [7, 11) is 4.30. The van der Waals surface area contributed by atoms with Crippen molar-refractivity contribution < 1.29 is 10.2 Å². The maximum atomic E-state index is 11.0. The van der Waals surface area contributed by atoms with E-state index in [2.05, 4.69) is 44.6 Å². The number of phenols is 1. The molecule has 0 heterocycles. The molecule has 0 aromatic heterocycles.